The van der Waals surface area contributed by atoms with Crippen molar-refractivity contribution in [3.05, 3.63) is 0 Å². The summed E-state index contributed by atoms with van der Waals surface area (Å²) in [5, 5.41) is 0. The van der Waals surface area contributed by atoms with Crippen LogP contribution in [-0.4, -0.2) is 24.0 Å². The quantitative estimate of drug-likeness (QED) is 0.381. The molecule has 1 nitrogen and oxygen atoms in total. The van der Waals surface area contributed by atoms with Gasteiger partial charge in [-0.15, -0.1) is 0 Å². The first-order valence-electron chi connectivity index (χ1n) is 2.54. The number of rotatable bonds is 0. The Labute approximate surface area is 37.9 Å². The number of hydrogen-bond donors (Lipinski definition) is 0. The van der Waals surface area contributed by atoms with Crippen LogP contribution in [0.3, 0.4) is 0 Å². The maximum atomic E-state index is 2.41. The van der Waals surface area contributed by atoms with Crippen molar-refractivity contribution in [3.63, 3.8) is 0 Å². The Bertz CT molecular complexity index is 69.9. The van der Waals surface area contributed by atoms with E-state index in [1.165, 1.54) is 0 Å². The largest absolute Gasteiger partial charge is 0.297 e. The molecule has 1 saturated heterocycles. The molecule has 1 heterocycles. The Morgan fingerprint density at radius 1 is 1.33 bits per heavy atom. The molecule has 2 fully saturated rings. The predicted molar refractivity (Wildman–Crippen MR) is 24.5 cm³/mol. The van der Waals surface area contributed by atoms with Crippen molar-refractivity contribution in [2.24, 2.45) is 5.92 Å². The highest BCUT2D eigenvalue weighted by Crippen LogP contribution is 2.54. The molecule has 1 saturated carbocycles. The van der Waals surface area contributed by atoms with Gasteiger partial charge in [-0.25, -0.2) is 0 Å². The fraction of sp³-hybridized carbons (Fsp3) is 1.00. The Balaban J connectivity index is 2.06. The van der Waals surface area contributed by atoms with Crippen LogP contribution in [0.2, 0.25) is 0 Å². The third-order valence-corrected chi connectivity index (χ3v) is 2.14. The molecule has 2 rings (SSSR count). The molecule has 0 aromatic carbocycles. The zero-order chi connectivity index (χ0) is 4.31. The van der Waals surface area contributed by atoms with Crippen LogP contribution in [-0.2, 0) is 0 Å². The molecule has 0 spiro atoms. The summed E-state index contributed by atoms with van der Waals surface area (Å²) >= 11 is 0. The third kappa shape index (κ3) is 0.136. The van der Waals surface area contributed by atoms with E-state index in [2.05, 4.69) is 18.9 Å². The molecule has 1 aliphatic heterocycles. The summed E-state index contributed by atoms with van der Waals surface area (Å²) in [7, 11) is 2.19. The molecular formula is C5H9N. The van der Waals surface area contributed by atoms with Crippen molar-refractivity contribution in [1.29, 1.82) is 0 Å². The minimum atomic E-state index is 1.02. The lowest BCUT2D eigenvalue weighted by Gasteiger charge is -2.00. The van der Waals surface area contributed by atoms with Crippen LogP contribution in [0.1, 0.15) is 6.92 Å². The summed E-state index contributed by atoms with van der Waals surface area (Å²) in [4.78, 5) is 2.41. The van der Waals surface area contributed by atoms with E-state index in [1.54, 1.807) is 0 Å². The molecule has 0 aromatic rings. The zero-order valence-corrected chi connectivity index (χ0v) is 4.18. The first kappa shape index (κ1) is 3.03. The van der Waals surface area contributed by atoms with Crippen molar-refractivity contribution in [2.75, 3.05) is 7.05 Å². The van der Waals surface area contributed by atoms with Crippen LogP contribution >= 0.6 is 0 Å². The highest BCUT2D eigenvalue weighted by atomic mass is 15.4. The molecule has 2 aliphatic rings. The monoisotopic (exact) mass is 83.1 g/mol. The highest BCUT2D eigenvalue weighted by molar-refractivity contribution is 5.23. The smallest absolute Gasteiger partial charge is 0.0296 e. The van der Waals surface area contributed by atoms with E-state index >= 15 is 0 Å². The number of likely N-dealkylation sites (N-methyl/N-ethyl adjacent to an activating group) is 1. The molecule has 0 aromatic heterocycles. The SMILES string of the molecule is CC1C2C1N2C. The molecule has 0 bridgehead atoms. The summed E-state index contributed by atoms with van der Waals surface area (Å²) in [5.41, 5.74) is 0. The van der Waals surface area contributed by atoms with Crippen LogP contribution in [0.5, 0.6) is 0 Å². The van der Waals surface area contributed by atoms with Gasteiger partial charge in [0.1, 0.15) is 0 Å². The van der Waals surface area contributed by atoms with Gasteiger partial charge in [0.15, 0.2) is 0 Å². The van der Waals surface area contributed by atoms with Gasteiger partial charge in [-0.1, -0.05) is 6.92 Å². The van der Waals surface area contributed by atoms with Gasteiger partial charge in [0, 0.05) is 12.1 Å². The second-order valence-electron chi connectivity index (χ2n) is 2.51. The molecule has 1 heteroatoms. The number of hydrogen-bond acceptors (Lipinski definition) is 1. The third-order valence-electron chi connectivity index (χ3n) is 2.14. The lowest BCUT2D eigenvalue weighted by molar-refractivity contribution is 0.418. The Morgan fingerprint density at radius 3 is 1.83 bits per heavy atom. The first-order valence-corrected chi connectivity index (χ1v) is 2.54. The Hall–Kier alpha value is -0.0400. The van der Waals surface area contributed by atoms with Gasteiger partial charge in [-0.2, -0.15) is 0 Å². The Kier molecular flexibility index (Phi) is 0.274. The lowest BCUT2D eigenvalue weighted by atomic mass is 10.4. The predicted octanol–water partition coefficient (Wildman–Crippen LogP) is 0.319. The van der Waals surface area contributed by atoms with Crippen LogP contribution in [0.15, 0.2) is 0 Å². The molecule has 34 valence electrons. The maximum absolute atomic E-state index is 2.41. The van der Waals surface area contributed by atoms with Crippen molar-refractivity contribution >= 4 is 0 Å². The van der Waals surface area contributed by atoms with Gasteiger partial charge in [0.2, 0.25) is 0 Å². The normalized spacial score (nSPS) is 73.0. The standard InChI is InChI=1S/C5H9N/c1-3-4-5(3)6(4)2/h3-5H,1-2H3. The average Bonchev–Trinajstić information content (AvgIpc) is 2.28. The summed E-state index contributed by atoms with van der Waals surface area (Å²) in [6, 6.07) is 2.04. The number of nitrogens with zero attached hydrogens (tertiary/aromatic N) is 1. The van der Waals surface area contributed by atoms with Gasteiger partial charge in [-0.3, -0.25) is 4.90 Å². The second-order valence-corrected chi connectivity index (χ2v) is 2.51. The highest BCUT2D eigenvalue weighted by Gasteiger charge is 2.67. The molecule has 2 atom stereocenters. The molecule has 6 heavy (non-hydrogen) atoms. The Morgan fingerprint density at radius 2 is 1.83 bits per heavy atom. The molecule has 0 N–H and O–H groups in total. The van der Waals surface area contributed by atoms with Crippen LogP contribution in [0.25, 0.3) is 0 Å². The van der Waals surface area contributed by atoms with E-state index in [-0.39, 0.29) is 0 Å². The van der Waals surface area contributed by atoms with E-state index in [9.17, 15) is 0 Å². The van der Waals surface area contributed by atoms with Gasteiger partial charge in [-0.05, 0) is 13.0 Å². The first-order chi connectivity index (χ1) is 2.82. The second kappa shape index (κ2) is 0.544. The van der Waals surface area contributed by atoms with Gasteiger partial charge < -0.3 is 0 Å². The maximum Gasteiger partial charge on any atom is 0.0296 e. The van der Waals surface area contributed by atoms with Crippen LogP contribution in [0.4, 0.5) is 0 Å². The van der Waals surface area contributed by atoms with E-state index in [4.69, 9.17) is 0 Å². The van der Waals surface area contributed by atoms with E-state index in [1.807, 2.05) is 0 Å². The fourth-order valence-electron chi connectivity index (χ4n) is 1.45. The zero-order valence-electron chi connectivity index (χ0n) is 4.18. The molecule has 1 aliphatic carbocycles. The summed E-state index contributed by atoms with van der Waals surface area (Å²) < 4.78 is 0. The van der Waals surface area contributed by atoms with Crippen molar-refractivity contribution in [1.82, 2.24) is 4.90 Å². The van der Waals surface area contributed by atoms with Crippen LogP contribution in [0, 0.1) is 5.92 Å². The van der Waals surface area contributed by atoms with Crippen molar-refractivity contribution < 1.29 is 0 Å². The molecule has 0 amide bonds. The van der Waals surface area contributed by atoms with Gasteiger partial charge >= 0.3 is 0 Å². The summed E-state index contributed by atoms with van der Waals surface area (Å²) in [5.74, 6) is 1.05. The number of likely N-dealkylation sites (tertiary alicyclic amines) is 1. The molecular weight excluding hydrogens is 74.1 g/mol. The van der Waals surface area contributed by atoms with E-state index in [0.717, 1.165) is 18.0 Å². The molecule has 2 unspecified atom stereocenters. The van der Waals surface area contributed by atoms with Crippen molar-refractivity contribution in [2.45, 2.75) is 19.0 Å². The molecule has 0 radical (unpaired) electrons. The van der Waals surface area contributed by atoms with E-state index in [0.29, 0.717) is 0 Å². The summed E-state index contributed by atoms with van der Waals surface area (Å²) in [6.45, 7) is 2.31. The lowest BCUT2D eigenvalue weighted by Crippen LogP contribution is -2.07. The van der Waals surface area contributed by atoms with E-state index < -0.39 is 0 Å². The fourth-order valence-corrected chi connectivity index (χ4v) is 1.45. The minimum Gasteiger partial charge on any atom is -0.297 e. The summed E-state index contributed by atoms with van der Waals surface area (Å²) in [6.07, 6.45) is 0. The van der Waals surface area contributed by atoms with Gasteiger partial charge in [0.05, 0.1) is 0 Å². The number of fused-ring (bicyclic) bond motifs is 1. The average molecular weight is 83.1 g/mol. The van der Waals surface area contributed by atoms with Crippen LogP contribution < -0.4 is 0 Å². The van der Waals surface area contributed by atoms with Gasteiger partial charge in [0.25, 0.3) is 0 Å². The topological polar surface area (TPSA) is 3.01 Å². The van der Waals surface area contributed by atoms with Crippen molar-refractivity contribution in [3.8, 4) is 0 Å². The minimum absolute atomic E-state index is 1.02.